The van der Waals surface area contributed by atoms with Crippen molar-refractivity contribution < 1.29 is 13.9 Å². The largest absolute Gasteiger partial charge is 0.494 e. The fourth-order valence-corrected chi connectivity index (χ4v) is 5.46. The molecule has 2 fully saturated rings. The number of pyridine rings is 1. The van der Waals surface area contributed by atoms with Crippen molar-refractivity contribution in [3.8, 4) is 17.1 Å². The van der Waals surface area contributed by atoms with E-state index in [1.807, 2.05) is 67.7 Å². The van der Waals surface area contributed by atoms with Crippen LogP contribution in [0.3, 0.4) is 0 Å². The van der Waals surface area contributed by atoms with Gasteiger partial charge in [-0.05, 0) is 91.9 Å². The van der Waals surface area contributed by atoms with E-state index in [2.05, 4.69) is 44.4 Å². The summed E-state index contributed by atoms with van der Waals surface area (Å²) in [5.41, 5.74) is 4.08. The molecule has 7 nitrogen and oxygen atoms in total. The van der Waals surface area contributed by atoms with Crippen LogP contribution in [0, 0.1) is 0 Å². The van der Waals surface area contributed by atoms with Gasteiger partial charge in [-0.2, -0.15) is 0 Å². The highest BCUT2D eigenvalue weighted by atomic mass is 32.1. The first-order valence-electron chi connectivity index (χ1n) is 13.0. The predicted octanol–water partition coefficient (Wildman–Crippen LogP) is 5.75. The van der Waals surface area contributed by atoms with E-state index in [4.69, 9.17) is 26.1 Å². The van der Waals surface area contributed by atoms with Gasteiger partial charge in [-0.1, -0.05) is 6.07 Å². The zero-order chi connectivity index (χ0) is 25.9. The summed E-state index contributed by atoms with van der Waals surface area (Å²) in [6.07, 6.45) is 1.81. The maximum atomic E-state index is 6.49. The number of morpholine rings is 1. The molecule has 4 aromatic rings. The predicted molar refractivity (Wildman–Crippen MR) is 153 cm³/mol. The number of thiocarbonyl (C=S) groups is 1. The fourth-order valence-electron chi connectivity index (χ4n) is 5.12. The third kappa shape index (κ3) is 4.85. The van der Waals surface area contributed by atoms with Gasteiger partial charge in [0.1, 0.15) is 23.3 Å². The Hall–Kier alpha value is -3.88. The number of aromatic nitrogens is 1. The summed E-state index contributed by atoms with van der Waals surface area (Å²) in [5.74, 6) is 2.45. The summed E-state index contributed by atoms with van der Waals surface area (Å²) in [4.78, 5) is 9.13. The standard InChI is InChI=1S/C30H30N4O3S/c1-2-36-24-12-6-21(7-13-24)26-14-15-27(37-26)29-28(25-5-3-4-16-31-25)32-30(38)34(29)23-10-8-22(9-11-23)33-17-19-35-20-18-33/h3-16,28-29H,2,17-20H2,1H3,(H,32,38)/t28-,29+/m1/s1. The van der Waals surface area contributed by atoms with Gasteiger partial charge < -0.3 is 29.0 Å². The summed E-state index contributed by atoms with van der Waals surface area (Å²) in [6, 6.07) is 26.2. The second-order valence-electron chi connectivity index (χ2n) is 9.27. The Bertz CT molecular complexity index is 1370. The van der Waals surface area contributed by atoms with E-state index < -0.39 is 0 Å². The fraction of sp³-hybridized carbons (Fsp3) is 0.267. The smallest absolute Gasteiger partial charge is 0.174 e. The molecule has 0 bridgehead atoms. The van der Waals surface area contributed by atoms with Gasteiger partial charge in [0, 0.05) is 36.2 Å². The minimum atomic E-state index is -0.205. The Balaban J connectivity index is 1.34. The summed E-state index contributed by atoms with van der Waals surface area (Å²) in [5, 5.41) is 4.15. The molecule has 2 saturated heterocycles. The van der Waals surface area contributed by atoms with Crippen LogP contribution in [0.1, 0.15) is 30.5 Å². The molecule has 0 saturated carbocycles. The summed E-state index contributed by atoms with van der Waals surface area (Å²) in [7, 11) is 0. The van der Waals surface area contributed by atoms with Crippen molar-refractivity contribution in [2.45, 2.75) is 19.0 Å². The minimum Gasteiger partial charge on any atom is -0.494 e. The number of hydrogen-bond donors (Lipinski definition) is 1. The molecule has 2 aliphatic rings. The van der Waals surface area contributed by atoms with E-state index in [9.17, 15) is 0 Å². The molecule has 0 spiro atoms. The lowest BCUT2D eigenvalue weighted by Gasteiger charge is -2.30. The molecule has 8 heteroatoms. The number of benzene rings is 2. The first kappa shape index (κ1) is 24.5. The lowest BCUT2D eigenvalue weighted by Crippen LogP contribution is -2.36. The second-order valence-corrected chi connectivity index (χ2v) is 9.66. The molecule has 1 N–H and O–H groups in total. The molecule has 0 amide bonds. The van der Waals surface area contributed by atoms with Crippen molar-refractivity contribution in [2.75, 3.05) is 42.7 Å². The minimum absolute atomic E-state index is 0.165. The van der Waals surface area contributed by atoms with Crippen LogP contribution < -0.4 is 19.9 Å². The van der Waals surface area contributed by atoms with Crippen LogP contribution in [0.5, 0.6) is 5.75 Å². The normalized spacial score (nSPS) is 19.4. The van der Waals surface area contributed by atoms with E-state index in [-0.39, 0.29) is 12.1 Å². The summed E-state index contributed by atoms with van der Waals surface area (Å²) in [6.45, 7) is 5.92. The third-order valence-corrected chi connectivity index (χ3v) is 7.28. The topological polar surface area (TPSA) is 63.0 Å². The molecular weight excluding hydrogens is 496 g/mol. The summed E-state index contributed by atoms with van der Waals surface area (Å²) < 4.78 is 17.6. The first-order valence-corrected chi connectivity index (χ1v) is 13.4. The average Bonchev–Trinajstić information content (AvgIpc) is 3.59. The first-order chi connectivity index (χ1) is 18.7. The molecule has 194 valence electrons. The highest BCUT2D eigenvalue weighted by Gasteiger charge is 2.42. The van der Waals surface area contributed by atoms with E-state index in [0.717, 1.165) is 60.5 Å². The van der Waals surface area contributed by atoms with E-state index in [1.54, 1.807) is 0 Å². The average molecular weight is 527 g/mol. The van der Waals surface area contributed by atoms with Crippen LogP contribution in [0.25, 0.3) is 11.3 Å². The van der Waals surface area contributed by atoms with Crippen molar-refractivity contribution in [2.24, 2.45) is 0 Å². The number of furan rings is 1. The molecule has 2 atom stereocenters. The van der Waals surface area contributed by atoms with Gasteiger partial charge >= 0.3 is 0 Å². The van der Waals surface area contributed by atoms with Gasteiger partial charge in [0.05, 0.1) is 31.6 Å². The lowest BCUT2D eigenvalue weighted by molar-refractivity contribution is 0.122. The van der Waals surface area contributed by atoms with Crippen LogP contribution in [0.4, 0.5) is 11.4 Å². The number of rotatable bonds is 7. The van der Waals surface area contributed by atoms with Gasteiger partial charge in [-0.15, -0.1) is 0 Å². The molecule has 6 rings (SSSR count). The van der Waals surface area contributed by atoms with E-state index in [0.29, 0.717) is 11.7 Å². The Morgan fingerprint density at radius 1 is 0.947 bits per heavy atom. The zero-order valence-electron chi connectivity index (χ0n) is 21.2. The molecule has 0 unspecified atom stereocenters. The maximum absolute atomic E-state index is 6.49. The zero-order valence-corrected chi connectivity index (χ0v) is 22.1. The molecule has 0 aliphatic carbocycles. The molecule has 38 heavy (non-hydrogen) atoms. The molecular formula is C30H30N4O3S. The van der Waals surface area contributed by atoms with Crippen LogP contribution in [0.2, 0.25) is 0 Å². The van der Waals surface area contributed by atoms with Crippen molar-refractivity contribution in [1.29, 1.82) is 0 Å². The molecule has 4 heterocycles. The Morgan fingerprint density at radius 3 is 2.42 bits per heavy atom. The number of hydrogen-bond acceptors (Lipinski definition) is 6. The van der Waals surface area contributed by atoms with Gasteiger partial charge in [0.15, 0.2) is 5.11 Å². The Labute approximate surface area is 228 Å². The van der Waals surface area contributed by atoms with E-state index in [1.165, 1.54) is 5.69 Å². The number of nitrogens with one attached hydrogen (secondary N) is 1. The quantitative estimate of drug-likeness (QED) is 0.305. The van der Waals surface area contributed by atoms with Crippen molar-refractivity contribution in [3.63, 3.8) is 0 Å². The Kier molecular flexibility index (Phi) is 6.98. The van der Waals surface area contributed by atoms with Gasteiger partial charge in [0.25, 0.3) is 0 Å². The number of anilines is 2. The van der Waals surface area contributed by atoms with Crippen molar-refractivity contribution >= 4 is 28.7 Å². The summed E-state index contributed by atoms with van der Waals surface area (Å²) >= 11 is 5.88. The van der Waals surface area contributed by atoms with Gasteiger partial charge in [-0.3, -0.25) is 4.98 Å². The van der Waals surface area contributed by atoms with Crippen LogP contribution >= 0.6 is 12.2 Å². The second kappa shape index (κ2) is 10.8. The molecule has 0 radical (unpaired) electrons. The highest BCUT2D eigenvalue weighted by Crippen LogP contribution is 2.43. The maximum Gasteiger partial charge on any atom is 0.174 e. The van der Waals surface area contributed by atoms with Gasteiger partial charge in [-0.25, -0.2) is 0 Å². The SMILES string of the molecule is CCOc1ccc(-c2ccc([C@H]3[C@@H](c4ccccn4)NC(=S)N3c3ccc(N4CCOCC4)cc3)o2)cc1. The molecule has 2 aromatic heterocycles. The van der Waals surface area contributed by atoms with Crippen LogP contribution in [0.15, 0.2) is 89.5 Å². The van der Waals surface area contributed by atoms with Crippen LogP contribution in [-0.2, 0) is 4.74 Å². The third-order valence-electron chi connectivity index (χ3n) is 6.97. The highest BCUT2D eigenvalue weighted by molar-refractivity contribution is 7.80. The van der Waals surface area contributed by atoms with E-state index >= 15 is 0 Å². The van der Waals surface area contributed by atoms with Crippen molar-refractivity contribution in [1.82, 2.24) is 10.3 Å². The molecule has 2 aromatic carbocycles. The number of ether oxygens (including phenoxy) is 2. The van der Waals surface area contributed by atoms with Gasteiger partial charge in [0.2, 0.25) is 0 Å². The monoisotopic (exact) mass is 526 g/mol. The number of nitrogens with zero attached hydrogens (tertiary/aromatic N) is 3. The van der Waals surface area contributed by atoms with Crippen molar-refractivity contribution in [3.05, 3.63) is 96.5 Å². The lowest BCUT2D eigenvalue weighted by atomic mass is 10.0. The molecule has 2 aliphatic heterocycles. The van der Waals surface area contributed by atoms with Crippen LogP contribution in [-0.4, -0.2) is 43.0 Å². The Morgan fingerprint density at radius 2 is 1.71 bits per heavy atom.